The van der Waals surface area contributed by atoms with E-state index in [1.165, 1.54) is 11.0 Å². The average molecular weight is 291 g/mol. The number of urea groups is 1. The number of amides is 3. The minimum atomic E-state index is -1.10. The van der Waals surface area contributed by atoms with Gasteiger partial charge in [-0.2, -0.15) is 0 Å². The zero-order valence-electron chi connectivity index (χ0n) is 11.9. The third-order valence-electron chi connectivity index (χ3n) is 3.27. The van der Waals surface area contributed by atoms with Gasteiger partial charge in [-0.15, -0.1) is 0 Å². The minimum Gasteiger partial charge on any atom is -0.478 e. The van der Waals surface area contributed by atoms with Gasteiger partial charge in [0, 0.05) is 13.1 Å². The summed E-state index contributed by atoms with van der Waals surface area (Å²) in [6, 6.07) is 2.83. The lowest BCUT2D eigenvalue weighted by Gasteiger charge is -2.27. The molecule has 0 aromatic heterocycles. The van der Waals surface area contributed by atoms with Gasteiger partial charge in [0.2, 0.25) is 5.91 Å². The lowest BCUT2D eigenvalue weighted by atomic mass is 10.0. The van der Waals surface area contributed by atoms with E-state index in [1.54, 1.807) is 19.9 Å². The number of carboxylic acid groups (broad SMARTS) is 1. The molecule has 3 N–H and O–H groups in total. The Bertz CT molecular complexity index is 612. The third-order valence-corrected chi connectivity index (χ3v) is 3.27. The van der Waals surface area contributed by atoms with Gasteiger partial charge in [0.05, 0.1) is 11.3 Å². The molecule has 1 aromatic rings. The number of piperazine rings is 1. The molecule has 1 fully saturated rings. The molecule has 0 bridgehead atoms. The molecular formula is C14H17N3O4. The van der Waals surface area contributed by atoms with Crippen molar-refractivity contribution in [2.75, 3.05) is 25.0 Å². The van der Waals surface area contributed by atoms with Gasteiger partial charge in [-0.25, -0.2) is 9.59 Å². The quantitative estimate of drug-likeness (QED) is 0.756. The Morgan fingerprint density at radius 3 is 2.67 bits per heavy atom. The molecule has 7 nitrogen and oxygen atoms in total. The number of aryl methyl sites for hydroxylation is 2. The first-order valence-electron chi connectivity index (χ1n) is 6.55. The first-order chi connectivity index (χ1) is 9.88. The number of hydrogen-bond acceptors (Lipinski definition) is 3. The number of nitrogens with one attached hydrogen (secondary N) is 2. The molecule has 2 rings (SSSR count). The van der Waals surface area contributed by atoms with Crippen molar-refractivity contribution in [3.05, 3.63) is 28.8 Å². The number of nitrogens with zero attached hydrogens (tertiary/aromatic N) is 1. The van der Waals surface area contributed by atoms with Gasteiger partial charge in [-0.05, 0) is 31.0 Å². The highest BCUT2D eigenvalue weighted by molar-refractivity contribution is 6.02. The van der Waals surface area contributed by atoms with Gasteiger partial charge >= 0.3 is 12.0 Å². The number of hydrogen-bond donors (Lipinski definition) is 3. The number of carboxylic acids is 1. The number of carbonyl (C=O) groups is 3. The fourth-order valence-electron chi connectivity index (χ4n) is 2.30. The predicted molar refractivity (Wildman–Crippen MR) is 76.5 cm³/mol. The summed E-state index contributed by atoms with van der Waals surface area (Å²) in [7, 11) is 0. The smallest absolute Gasteiger partial charge is 0.337 e. The Kier molecular flexibility index (Phi) is 4.11. The van der Waals surface area contributed by atoms with Crippen LogP contribution in [0.5, 0.6) is 0 Å². The maximum Gasteiger partial charge on any atom is 0.337 e. The van der Waals surface area contributed by atoms with E-state index < -0.39 is 12.0 Å². The van der Waals surface area contributed by atoms with Crippen molar-refractivity contribution in [3.8, 4) is 0 Å². The zero-order valence-corrected chi connectivity index (χ0v) is 11.9. The van der Waals surface area contributed by atoms with Crippen LogP contribution in [0.15, 0.2) is 12.1 Å². The van der Waals surface area contributed by atoms with Crippen molar-refractivity contribution >= 4 is 23.6 Å². The number of aromatic carboxylic acids is 1. The Hall–Kier alpha value is -2.57. The molecule has 0 aliphatic carbocycles. The Labute approximate surface area is 121 Å². The third kappa shape index (κ3) is 3.31. The number of benzene rings is 1. The van der Waals surface area contributed by atoms with Crippen LogP contribution in [-0.4, -0.2) is 47.5 Å². The second-order valence-corrected chi connectivity index (χ2v) is 5.01. The lowest BCUT2D eigenvalue weighted by Crippen LogP contribution is -2.51. The Morgan fingerprint density at radius 2 is 2.05 bits per heavy atom. The molecule has 0 saturated carbocycles. The first kappa shape index (κ1) is 14.8. The summed E-state index contributed by atoms with van der Waals surface area (Å²) in [5.41, 5.74) is 1.79. The molecule has 7 heteroatoms. The van der Waals surface area contributed by atoms with Crippen molar-refractivity contribution in [2.24, 2.45) is 0 Å². The highest BCUT2D eigenvalue weighted by Crippen LogP contribution is 2.23. The lowest BCUT2D eigenvalue weighted by molar-refractivity contribution is -0.123. The summed E-state index contributed by atoms with van der Waals surface area (Å²) in [4.78, 5) is 36.1. The minimum absolute atomic E-state index is 0.0286. The number of rotatable bonds is 2. The Balaban J connectivity index is 2.24. The van der Waals surface area contributed by atoms with E-state index in [2.05, 4.69) is 10.6 Å². The number of carbonyl (C=O) groups excluding carboxylic acids is 2. The van der Waals surface area contributed by atoms with Crippen molar-refractivity contribution < 1.29 is 19.5 Å². The average Bonchev–Trinajstić information content (AvgIpc) is 2.41. The van der Waals surface area contributed by atoms with E-state index in [1.807, 2.05) is 0 Å². The standard InChI is InChI=1S/C14H17N3O4/c1-8-5-9(2)12(10(6-8)13(19)20)16-14(21)17-4-3-15-11(18)7-17/h5-6H,3-4,7H2,1-2H3,(H,15,18)(H,16,21)(H,19,20). The summed E-state index contributed by atoms with van der Waals surface area (Å²) >= 11 is 0. The summed E-state index contributed by atoms with van der Waals surface area (Å²) in [6.45, 7) is 4.28. The fourth-order valence-corrected chi connectivity index (χ4v) is 2.30. The predicted octanol–water partition coefficient (Wildman–Crippen LogP) is 0.965. The van der Waals surface area contributed by atoms with Crippen molar-refractivity contribution in [2.45, 2.75) is 13.8 Å². The first-order valence-corrected chi connectivity index (χ1v) is 6.55. The molecule has 1 aliphatic rings. The van der Waals surface area contributed by atoms with Crippen LogP contribution in [0.3, 0.4) is 0 Å². The topological polar surface area (TPSA) is 98.7 Å². The SMILES string of the molecule is Cc1cc(C)c(NC(=O)N2CCNC(=O)C2)c(C(=O)O)c1. The van der Waals surface area contributed by atoms with Gasteiger partial charge in [0.15, 0.2) is 0 Å². The second-order valence-electron chi connectivity index (χ2n) is 5.01. The summed E-state index contributed by atoms with van der Waals surface area (Å²) < 4.78 is 0. The number of anilines is 1. The molecule has 0 atom stereocenters. The molecule has 0 unspecified atom stereocenters. The van der Waals surface area contributed by atoms with Crippen molar-refractivity contribution in [1.29, 1.82) is 0 Å². The van der Waals surface area contributed by atoms with E-state index in [0.29, 0.717) is 18.7 Å². The van der Waals surface area contributed by atoms with Crippen LogP contribution in [0.25, 0.3) is 0 Å². The maximum absolute atomic E-state index is 12.2. The van der Waals surface area contributed by atoms with E-state index in [9.17, 15) is 19.5 Å². The van der Waals surface area contributed by atoms with Gasteiger partial charge in [0.1, 0.15) is 6.54 Å². The molecule has 1 aromatic carbocycles. The van der Waals surface area contributed by atoms with Crippen molar-refractivity contribution in [3.63, 3.8) is 0 Å². The van der Waals surface area contributed by atoms with E-state index in [4.69, 9.17) is 0 Å². The van der Waals surface area contributed by atoms with Gasteiger partial charge in [0.25, 0.3) is 0 Å². The van der Waals surface area contributed by atoms with Gasteiger partial charge in [-0.3, -0.25) is 4.79 Å². The second kappa shape index (κ2) is 5.82. The fraction of sp³-hybridized carbons (Fsp3) is 0.357. The van der Waals surface area contributed by atoms with E-state index in [-0.39, 0.29) is 23.7 Å². The normalized spacial score (nSPS) is 14.6. The summed E-state index contributed by atoms with van der Waals surface area (Å²) in [6.07, 6.45) is 0. The molecule has 3 amide bonds. The Morgan fingerprint density at radius 1 is 1.33 bits per heavy atom. The summed E-state index contributed by atoms with van der Waals surface area (Å²) in [5, 5.41) is 14.5. The highest BCUT2D eigenvalue weighted by atomic mass is 16.4. The van der Waals surface area contributed by atoms with E-state index >= 15 is 0 Å². The van der Waals surface area contributed by atoms with Crippen LogP contribution in [0.4, 0.5) is 10.5 Å². The largest absolute Gasteiger partial charge is 0.478 e. The van der Waals surface area contributed by atoms with Crippen LogP contribution in [0, 0.1) is 13.8 Å². The maximum atomic E-state index is 12.2. The van der Waals surface area contributed by atoms with Crippen LogP contribution in [-0.2, 0) is 4.79 Å². The highest BCUT2D eigenvalue weighted by Gasteiger charge is 2.23. The van der Waals surface area contributed by atoms with Gasteiger partial charge < -0.3 is 20.6 Å². The monoisotopic (exact) mass is 291 g/mol. The zero-order chi connectivity index (χ0) is 15.6. The van der Waals surface area contributed by atoms with Crippen LogP contribution in [0.1, 0.15) is 21.5 Å². The van der Waals surface area contributed by atoms with Crippen molar-refractivity contribution in [1.82, 2.24) is 10.2 Å². The molecule has 0 spiro atoms. The molecular weight excluding hydrogens is 274 g/mol. The molecule has 0 radical (unpaired) electrons. The summed E-state index contributed by atoms with van der Waals surface area (Å²) in [5.74, 6) is -1.33. The molecule has 1 saturated heterocycles. The molecule has 1 aliphatic heterocycles. The molecule has 1 heterocycles. The van der Waals surface area contributed by atoms with Crippen LogP contribution >= 0.6 is 0 Å². The van der Waals surface area contributed by atoms with Gasteiger partial charge in [-0.1, -0.05) is 6.07 Å². The van der Waals surface area contributed by atoms with Crippen LogP contribution < -0.4 is 10.6 Å². The van der Waals surface area contributed by atoms with E-state index in [0.717, 1.165) is 5.56 Å². The molecule has 21 heavy (non-hydrogen) atoms. The van der Waals surface area contributed by atoms with Crippen LogP contribution in [0.2, 0.25) is 0 Å². The molecule has 112 valence electrons.